The van der Waals surface area contributed by atoms with Crippen LogP contribution >= 0.6 is 23.5 Å². The van der Waals surface area contributed by atoms with Gasteiger partial charge in [-0.2, -0.15) is 10.0 Å². The summed E-state index contributed by atoms with van der Waals surface area (Å²) >= 11 is 2.68. The van der Waals surface area contributed by atoms with Gasteiger partial charge < -0.3 is 9.15 Å². The van der Waals surface area contributed by atoms with Gasteiger partial charge in [-0.05, 0) is 54.6 Å². The second-order valence-electron chi connectivity index (χ2n) is 7.85. The van der Waals surface area contributed by atoms with Gasteiger partial charge in [0.2, 0.25) is 5.17 Å². The van der Waals surface area contributed by atoms with Crippen LogP contribution in [-0.4, -0.2) is 43.6 Å². The van der Waals surface area contributed by atoms with Crippen LogP contribution < -0.4 is 4.74 Å². The predicted octanol–water partition coefficient (Wildman–Crippen LogP) is 5.55. The summed E-state index contributed by atoms with van der Waals surface area (Å²) in [5.74, 6) is 1.48. The van der Waals surface area contributed by atoms with Crippen LogP contribution in [0.2, 0.25) is 0 Å². The first-order chi connectivity index (χ1) is 17.9. The summed E-state index contributed by atoms with van der Waals surface area (Å²) in [6.07, 6.45) is 1.43. The fourth-order valence-electron chi connectivity index (χ4n) is 3.54. The molecule has 0 fully saturated rings. The molecule has 37 heavy (non-hydrogen) atoms. The molecule has 3 heterocycles. The van der Waals surface area contributed by atoms with E-state index < -0.39 is 10.8 Å². The minimum atomic E-state index is -0.568. The Morgan fingerprint density at radius 1 is 1.22 bits per heavy atom. The summed E-state index contributed by atoms with van der Waals surface area (Å²) < 4.78 is 12.2. The summed E-state index contributed by atoms with van der Waals surface area (Å²) in [6.45, 7) is 2.30. The zero-order chi connectivity index (χ0) is 25.9. The number of aryl methyl sites for hydroxylation is 1. The molecule has 2 aromatic carbocycles. The molecule has 0 spiro atoms. The van der Waals surface area contributed by atoms with Gasteiger partial charge in [0, 0.05) is 23.4 Å². The number of furan rings is 1. The lowest BCUT2D eigenvalue weighted by Crippen LogP contribution is -2.35. The van der Waals surface area contributed by atoms with Crippen molar-refractivity contribution < 1.29 is 18.9 Å². The van der Waals surface area contributed by atoms with Crippen molar-refractivity contribution in [2.75, 3.05) is 12.4 Å². The lowest BCUT2D eigenvalue weighted by Gasteiger charge is -2.19. The molecule has 186 valence electrons. The Morgan fingerprint density at radius 2 is 2.03 bits per heavy atom. The van der Waals surface area contributed by atoms with Gasteiger partial charge in [-0.1, -0.05) is 36.0 Å². The molecule has 0 saturated heterocycles. The van der Waals surface area contributed by atoms with E-state index in [0.29, 0.717) is 39.0 Å². The normalized spacial score (nSPS) is 16.0. The second kappa shape index (κ2) is 10.4. The smallest absolute Gasteiger partial charge is 0.283 e. The Kier molecular flexibility index (Phi) is 6.93. The van der Waals surface area contributed by atoms with E-state index in [0.717, 1.165) is 11.3 Å². The van der Waals surface area contributed by atoms with E-state index >= 15 is 0 Å². The Balaban J connectivity index is 1.28. The van der Waals surface area contributed by atoms with E-state index in [1.54, 1.807) is 18.2 Å². The van der Waals surface area contributed by atoms with Crippen molar-refractivity contribution in [3.63, 3.8) is 0 Å². The van der Waals surface area contributed by atoms with Crippen LogP contribution in [0.3, 0.4) is 0 Å². The number of carbonyl (C=O) groups excluding carboxylic acids is 1. The first-order valence-electron chi connectivity index (χ1n) is 11.0. The Bertz CT molecular complexity index is 1500. The standard InChI is InChI=1S/C25H19N5O5S2/c1-15-7-8-16(30(32)33)13-19(15)21-10-9-18(35-21)14-20-22(26)29-24(27-23(20)31)37-25(28-29)36-12-11-34-17-5-3-2-4-6-17/h2-10,13-14,26H,11-12H2,1H3/b20-14-,26-22?. The number of aliphatic imine (C=N–C) groups is 1. The van der Waals surface area contributed by atoms with Crippen molar-refractivity contribution in [3.8, 4) is 17.1 Å². The molecule has 5 rings (SSSR count). The maximum Gasteiger partial charge on any atom is 0.283 e. The zero-order valence-electron chi connectivity index (χ0n) is 19.4. The number of nitrogens with zero attached hydrogens (tertiary/aromatic N) is 4. The molecule has 0 bridgehead atoms. The van der Waals surface area contributed by atoms with Crippen LogP contribution in [0.4, 0.5) is 5.69 Å². The largest absolute Gasteiger partial charge is 0.493 e. The number of benzene rings is 2. The molecule has 0 radical (unpaired) electrons. The van der Waals surface area contributed by atoms with Gasteiger partial charge in [-0.3, -0.25) is 20.3 Å². The molecule has 0 atom stereocenters. The third-order valence-corrected chi connectivity index (χ3v) is 7.37. The van der Waals surface area contributed by atoms with Crippen LogP contribution in [-0.2, 0) is 4.79 Å². The summed E-state index contributed by atoms with van der Waals surface area (Å²) in [4.78, 5) is 27.5. The highest BCUT2D eigenvalue weighted by Crippen LogP contribution is 2.34. The van der Waals surface area contributed by atoms with Gasteiger partial charge in [0.1, 0.15) is 17.3 Å². The summed E-state index contributed by atoms with van der Waals surface area (Å²) in [7, 11) is 0. The minimum Gasteiger partial charge on any atom is -0.493 e. The SMILES string of the molecule is Cc1ccc([N+](=O)[O-])cc1-c1ccc(/C=C2/C(=N)N3N=C(SCCOc4ccccc4)SC3=NC2=O)o1. The number of nitrogens with one attached hydrogen (secondary N) is 1. The monoisotopic (exact) mass is 533 g/mol. The van der Waals surface area contributed by atoms with Crippen molar-refractivity contribution in [1.29, 1.82) is 5.41 Å². The minimum absolute atomic E-state index is 0.0309. The molecule has 12 heteroatoms. The van der Waals surface area contributed by atoms with E-state index in [4.69, 9.17) is 14.6 Å². The predicted molar refractivity (Wildman–Crippen MR) is 145 cm³/mol. The lowest BCUT2D eigenvalue weighted by molar-refractivity contribution is -0.384. The van der Waals surface area contributed by atoms with E-state index in [2.05, 4.69) is 10.1 Å². The second-order valence-corrected chi connectivity index (χ2v) is 10.2. The molecule has 0 aliphatic carbocycles. The maximum atomic E-state index is 12.7. The summed E-state index contributed by atoms with van der Waals surface area (Å²) in [5, 5.41) is 25.8. The van der Waals surface area contributed by atoms with Crippen LogP contribution in [0.25, 0.3) is 17.4 Å². The van der Waals surface area contributed by atoms with E-state index in [9.17, 15) is 14.9 Å². The highest BCUT2D eigenvalue weighted by atomic mass is 32.2. The lowest BCUT2D eigenvalue weighted by atomic mass is 10.1. The van der Waals surface area contributed by atoms with Gasteiger partial charge >= 0.3 is 0 Å². The molecule has 0 unspecified atom stereocenters. The third kappa shape index (κ3) is 5.34. The number of amidine groups is 2. The number of thioether (sulfide) groups is 2. The number of carbonyl (C=O) groups is 1. The van der Waals surface area contributed by atoms with Crippen molar-refractivity contribution >= 4 is 56.6 Å². The molecular weight excluding hydrogens is 514 g/mol. The number of non-ortho nitro benzene ring substituents is 1. The van der Waals surface area contributed by atoms with E-state index in [1.165, 1.54) is 46.7 Å². The number of hydrogen-bond donors (Lipinski definition) is 1. The van der Waals surface area contributed by atoms with Gasteiger partial charge in [-0.15, -0.1) is 5.10 Å². The Labute approximate surface area is 219 Å². The number of rotatable bonds is 7. The van der Waals surface area contributed by atoms with Gasteiger partial charge in [0.15, 0.2) is 10.2 Å². The molecule has 3 aromatic rings. The van der Waals surface area contributed by atoms with Crippen molar-refractivity contribution in [2.24, 2.45) is 10.1 Å². The fraction of sp³-hybridized carbons (Fsp3) is 0.120. The maximum absolute atomic E-state index is 12.7. The highest BCUT2D eigenvalue weighted by Gasteiger charge is 2.36. The fourth-order valence-corrected chi connectivity index (χ4v) is 5.36. The first kappa shape index (κ1) is 24.5. The number of hydrazone groups is 1. The molecular formula is C25H19N5O5S2. The number of nitro benzene ring substituents is 1. The number of ether oxygens (including phenoxy) is 1. The number of hydrogen-bond acceptors (Lipinski definition) is 9. The third-order valence-electron chi connectivity index (χ3n) is 5.37. The van der Waals surface area contributed by atoms with Crippen molar-refractivity contribution in [2.45, 2.75) is 6.92 Å². The molecule has 1 N–H and O–H groups in total. The van der Waals surface area contributed by atoms with Crippen molar-refractivity contribution in [3.05, 3.63) is 87.7 Å². The molecule has 1 amide bonds. The van der Waals surface area contributed by atoms with Crippen LogP contribution in [0.5, 0.6) is 5.75 Å². The Hall–Kier alpha value is -4.16. The average Bonchev–Trinajstić information content (AvgIpc) is 3.52. The van der Waals surface area contributed by atoms with Gasteiger partial charge in [-0.25, -0.2) is 0 Å². The van der Waals surface area contributed by atoms with Crippen LogP contribution in [0.15, 0.2) is 80.7 Å². The summed E-state index contributed by atoms with van der Waals surface area (Å²) in [6, 6.07) is 17.3. The first-order valence-corrected chi connectivity index (χ1v) is 12.9. The average molecular weight is 534 g/mol. The quantitative estimate of drug-likeness (QED) is 0.181. The topological polar surface area (TPSA) is 134 Å². The number of fused-ring (bicyclic) bond motifs is 1. The molecule has 1 aromatic heterocycles. The zero-order valence-corrected chi connectivity index (χ0v) is 21.0. The molecule has 10 nitrogen and oxygen atoms in total. The molecule has 2 aliphatic rings. The number of amides is 1. The van der Waals surface area contributed by atoms with Gasteiger partial charge in [0.05, 0.1) is 17.1 Å². The van der Waals surface area contributed by atoms with Crippen molar-refractivity contribution in [1.82, 2.24) is 5.01 Å². The van der Waals surface area contributed by atoms with Gasteiger partial charge in [0.25, 0.3) is 11.6 Å². The van der Waals surface area contributed by atoms with Crippen LogP contribution in [0, 0.1) is 22.4 Å². The van der Waals surface area contributed by atoms with E-state index in [-0.39, 0.29) is 17.1 Å². The number of nitro groups is 1. The summed E-state index contributed by atoms with van der Waals surface area (Å²) in [5.41, 5.74) is 1.36. The molecule has 0 saturated carbocycles. The molecule has 2 aliphatic heterocycles. The highest BCUT2D eigenvalue weighted by molar-refractivity contribution is 8.45. The Morgan fingerprint density at radius 3 is 2.81 bits per heavy atom. The van der Waals surface area contributed by atoms with Crippen LogP contribution in [0.1, 0.15) is 11.3 Å². The number of para-hydroxylation sites is 1. The van der Waals surface area contributed by atoms with E-state index in [1.807, 2.05) is 37.3 Å².